The summed E-state index contributed by atoms with van der Waals surface area (Å²) in [6, 6.07) is 0. The van der Waals surface area contributed by atoms with Gasteiger partial charge in [0.25, 0.3) is 0 Å². The maximum atomic E-state index is 11.5. The number of aromatic nitrogens is 3. The smallest absolute Gasteiger partial charge is 0.360 e. The van der Waals surface area contributed by atoms with Crippen molar-refractivity contribution in [1.29, 1.82) is 0 Å². The van der Waals surface area contributed by atoms with E-state index in [2.05, 4.69) is 22.3 Å². The normalized spacial score (nSPS) is 25.4. The van der Waals surface area contributed by atoms with Crippen LogP contribution in [0.3, 0.4) is 0 Å². The van der Waals surface area contributed by atoms with Crippen molar-refractivity contribution in [2.45, 2.75) is 38.5 Å². The number of nitrogens with zero attached hydrogens (tertiary/aromatic N) is 2. The molecule has 1 aliphatic carbocycles. The maximum absolute atomic E-state index is 11.5. The van der Waals surface area contributed by atoms with Crippen LogP contribution in [-0.2, 0) is 4.74 Å². The third-order valence-corrected chi connectivity index (χ3v) is 3.28. The van der Waals surface area contributed by atoms with Gasteiger partial charge in [-0.05, 0) is 18.8 Å². The van der Waals surface area contributed by atoms with Crippen molar-refractivity contribution in [3.8, 4) is 0 Å². The second-order valence-electron chi connectivity index (χ2n) is 4.52. The van der Waals surface area contributed by atoms with E-state index in [4.69, 9.17) is 4.74 Å². The van der Waals surface area contributed by atoms with E-state index >= 15 is 0 Å². The Kier molecular flexibility index (Phi) is 3.22. The van der Waals surface area contributed by atoms with Crippen LogP contribution < -0.4 is 0 Å². The molecule has 5 heteroatoms. The molecule has 16 heavy (non-hydrogen) atoms. The summed E-state index contributed by atoms with van der Waals surface area (Å²) < 4.78 is 4.69. The number of nitrogens with one attached hydrogen (secondary N) is 1. The second kappa shape index (κ2) is 4.63. The molecule has 1 aromatic rings. The second-order valence-corrected chi connectivity index (χ2v) is 4.52. The molecule has 1 aliphatic rings. The van der Waals surface area contributed by atoms with Crippen molar-refractivity contribution in [2.75, 3.05) is 7.11 Å². The van der Waals surface area contributed by atoms with Crippen molar-refractivity contribution < 1.29 is 9.53 Å². The van der Waals surface area contributed by atoms with Crippen molar-refractivity contribution >= 4 is 5.97 Å². The van der Waals surface area contributed by atoms with Gasteiger partial charge in [-0.25, -0.2) is 4.79 Å². The number of carbonyl (C=O) groups is 1. The van der Waals surface area contributed by atoms with Crippen LogP contribution in [0.25, 0.3) is 0 Å². The topological polar surface area (TPSA) is 67.9 Å². The Morgan fingerprint density at radius 3 is 2.94 bits per heavy atom. The molecule has 0 radical (unpaired) electrons. The Balaban J connectivity index is 2.19. The third kappa shape index (κ3) is 2.08. The minimum atomic E-state index is -0.401. The van der Waals surface area contributed by atoms with Gasteiger partial charge in [-0.2, -0.15) is 10.3 Å². The van der Waals surface area contributed by atoms with Crippen LogP contribution in [0, 0.1) is 5.92 Å². The molecule has 88 valence electrons. The first kappa shape index (κ1) is 11.1. The number of hydrogen-bond acceptors (Lipinski definition) is 4. The Morgan fingerprint density at radius 1 is 1.44 bits per heavy atom. The highest BCUT2D eigenvalue weighted by Gasteiger charge is 2.28. The summed E-state index contributed by atoms with van der Waals surface area (Å²) >= 11 is 0. The molecule has 1 aromatic heterocycles. The molecular formula is C11H17N3O2. The van der Waals surface area contributed by atoms with Crippen molar-refractivity contribution in [2.24, 2.45) is 5.92 Å². The number of esters is 1. The van der Waals surface area contributed by atoms with Crippen LogP contribution in [0.2, 0.25) is 0 Å². The van der Waals surface area contributed by atoms with Gasteiger partial charge < -0.3 is 4.74 Å². The molecule has 0 spiro atoms. The van der Waals surface area contributed by atoms with E-state index in [0.29, 0.717) is 17.5 Å². The maximum Gasteiger partial charge on any atom is 0.360 e. The lowest BCUT2D eigenvalue weighted by Gasteiger charge is -2.25. The van der Waals surface area contributed by atoms with Gasteiger partial charge in [0, 0.05) is 5.92 Å². The van der Waals surface area contributed by atoms with E-state index < -0.39 is 5.97 Å². The highest BCUT2D eigenvalue weighted by atomic mass is 16.5. The number of H-pyrrole nitrogens is 1. The average Bonchev–Trinajstić information content (AvgIpc) is 2.77. The predicted molar refractivity (Wildman–Crippen MR) is 58.1 cm³/mol. The zero-order valence-corrected chi connectivity index (χ0v) is 9.69. The molecule has 0 saturated heterocycles. The quantitative estimate of drug-likeness (QED) is 0.777. The lowest BCUT2D eigenvalue weighted by Crippen LogP contribution is -2.15. The number of rotatable bonds is 2. The summed E-state index contributed by atoms with van der Waals surface area (Å²) in [6.07, 6.45) is 4.62. The molecule has 2 atom stereocenters. The number of hydrogen-bond donors (Lipinski definition) is 1. The zero-order chi connectivity index (χ0) is 11.5. The van der Waals surface area contributed by atoms with Crippen molar-refractivity contribution in [3.05, 3.63) is 11.4 Å². The highest BCUT2D eigenvalue weighted by molar-refractivity contribution is 5.88. The first-order chi connectivity index (χ1) is 7.72. The molecular weight excluding hydrogens is 206 g/mol. The molecule has 0 amide bonds. The molecule has 2 rings (SSSR count). The van der Waals surface area contributed by atoms with Crippen LogP contribution in [0.5, 0.6) is 0 Å². The summed E-state index contributed by atoms with van der Waals surface area (Å²) in [7, 11) is 1.37. The third-order valence-electron chi connectivity index (χ3n) is 3.28. The zero-order valence-electron chi connectivity index (χ0n) is 9.69. The van der Waals surface area contributed by atoms with E-state index in [1.54, 1.807) is 0 Å². The standard InChI is InChI=1S/C11H17N3O2/c1-7-4-3-5-8(6-7)9-10(11(15)16-2)13-14-12-9/h7-8H,3-6H2,1-2H3,(H,12,13,14). The summed E-state index contributed by atoms with van der Waals surface area (Å²) in [5, 5.41) is 10.5. The lowest BCUT2D eigenvalue weighted by molar-refractivity contribution is 0.0591. The van der Waals surface area contributed by atoms with E-state index in [-0.39, 0.29) is 0 Å². The molecule has 2 unspecified atom stereocenters. The molecule has 1 fully saturated rings. The fourth-order valence-electron chi connectivity index (χ4n) is 2.45. The van der Waals surface area contributed by atoms with E-state index in [9.17, 15) is 4.79 Å². The Labute approximate surface area is 94.6 Å². The number of methoxy groups -OCH3 is 1. The summed E-state index contributed by atoms with van der Waals surface area (Å²) in [4.78, 5) is 11.5. The average molecular weight is 223 g/mol. The highest BCUT2D eigenvalue weighted by Crippen LogP contribution is 2.35. The minimum absolute atomic E-state index is 0.344. The molecule has 1 N–H and O–H groups in total. The van der Waals surface area contributed by atoms with Gasteiger partial charge in [-0.3, -0.25) is 0 Å². The monoisotopic (exact) mass is 223 g/mol. The predicted octanol–water partition coefficient (Wildman–Crippen LogP) is 1.89. The first-order valence-electron chi connectivity index (χ1n) is 5.71. The van der Waals surface area contributed by atoms with Gasteiger partial charge >= 0.3 is 5.97 Å². The fraction of sp³-hybridized carbons (Fsp3) is 0.727. The molecule has 0 bridgehead atoms. The molecule has 1 saturated carbocycles. The Morgan fingerprint density at radius 2 is 2.25 bits per heavy atom. The fourth-order valence-corrected chi connectivity index (χ4v) is 2.45. The van der Waals surface area contributed by atoms with Gasteiger partial charge in [-0.15, -0.1) is 5.10 Å². The van der Waals surface area contributed by atoms with Gasteiger partial charge in [0.05, 0.1) is 7.11 Å². The van der Waals surface area contributed by atoms with E-state index in [1.807, 2.05) is 0 Å². The van der Waals surface area contributed by atoms with Crippen LogP contribution in [0.4, 0.5) is 0 Å². The van der Waals surface area contributed by atoms with E-state index in [1.165, 1.54) is 20.0 Å². The first-order valence-corrected chi connectivity index (χ1v) is 5.71. The van der Waals surface area contributed by atoms with Gasteiger partial charge in [0.2, 0.25) is 0 Å². The van der Waals surface area contributed by atoms with Crippen molar-refractivity contribution in [1.82, 2.24) is 15.4 Å². The molecule has 1 heterocycles. The van der Waals surface area contributed by atoms with Crippen LogP contribution in [0.1, 0.15) is 54.7 Å². The van der Waals surface area contributed by atoms with Crippen LogP contribution >= 0.6 is 0 Å². The lowest BCUT2D eigenvalue weighted by atomic mass is 9.80. The molecule has 0 aromatic carbocycles. The summed E-state index contributed by atoms with van der Waals surface area (Å²) in [5.74, 6) is 0.638. The molecule has 0 aliphatic heterocycles. The number of carbonyl (C=O) groups excluding carboxylic acids is 1. The summed E-state index contributed by atoms with van der Waals surface area (Å²) in [5.41, 5.74) is 1.13. The van der Waals surface area contributed by atoms with E-state index in [0.717, 1.165) is 18.5 Å². The SMILES string of the molecule is COC(=O)c1n[nH]nc1C1CCCC(C)C1. The van der Waals surface area contributed by atoms with Crippen LogP contribution in [0.15, 0.2) is 0 Å². The Bertz CT molecular complexity index is 375. The largest absolute Gasteiger partial charge is 0.464 e. The van der Waals surface area contributed by atoms with Gasteiger partial charge in [-0.1, -0.05) is 19.8 Å². The van der Waals surface area contributed by atoms with Gasteiger partial charge in [0.15, 0.2) is 5.69 Å². The van der Waals surface area contributed by atoms with Crippen LogP contribution in [-0.4, -0.2) is 28.5 Å². The van der Waals surface area contributed by atoms with Gasteiger partial charge in [0.1, 0.15) is 5.69 Å². The number of ether oxygens (including phenoxy) is 1. The minimum Gasteiger partial charge on any atom is -0.464 e. The van der Waals surface area contributed by atoms with Crippen molar-refractivity contribution in [3.63, 3.8) is 0 Å². The number of aromatic amines is 1. The Hall–Kier alpha value is -1.39. The summed E-state index contributed by atoms with van der Waals surface area (Å²) in [6.45, 7) is 2.24. The molecule has 5 nitrogen and oxygen atoms in total.